The minimum absolute atomic E-state index is 0.254. The Bertz CT molecular complexity index is 306. The number of halogens is 3. The van der Waals surface area contributed by atoms with Crippen molar-refractivity contribution in [3.63, 3.8) is 0 Å². The van der Waals surface area contributed by atoms with Gasteiger partial charge >= 0.3 is 0 Å². The molecular weight excluding hydrogens is 189 g/mol. The van der Waals surface area contributed by atoms with Crippen LogP contribution in [0.2, 0.25) is 0 Å². The van der Waals surface area contributed by atoms with Crippen molar-refractivity contribution >= 4 is 17.1 Å². The lowest BCUT2D eigenvalue weighted by molar-refractivity contribution is 0.101. The third kappa shape index (κ3) is 1.50. The van der Waals surface area contributed by atoms with Gasteiger partial charge in [-0.05, 0) is 6.92 Å². The molecule has 1 nitrogen and oxygen atoms in total. The number of ketones is 1. The quantitative estimate of drug-likeness (QED) is 0.661. The first-order chi connectivity index (χ1) is 5.54. The van der Waals surface area contributed by atoms with Crippen molar-refractivity contribution in [3.8, 4) is 0 Å². The minimum Gasteiger partial charge on any atom is -0.294 e. The molecule has 0 radical (unpaired) electrons. The zero-order valence-electron chi connectivity index (χ0n) is 6.11. The highest BCUT2D eigenvalue weighted by Crippen LogP contribution is 2.30. The van der Waals surface area contributed by atoms with Crippen LogP contribution in [0.15, 0.2) is 5.38 Å². The average molecular weight is 194 g/mol. The van der Waals surface area contributed by atoms with Crippen LogP contribution in [0, 0.1) is 5.82 Å². The fourth-order valence-electron chi connectivity index (χ4n) is 0.743. The number of alkyl halides is 2. The summed E-state index contributed by atoms with van der Waals surface area (Å²) in [6.07, 6.45) is -2.84. The highest BCUT2D eigenvalue weighted by Gasteiger charge is 2.20. The van der Waals surface area contributed by atoms with Crippen molar-refractivity contribution < 1.29 is 18.0 Å². The number of hydrogen-bond donors (Lipinski definition) is 0. The van der Waals surface area contributed by atoms with E-state index in [9.17, 15) is 18.0 Å². The maximum Gasteiger partial charge on any atom is 0.275 e. The van der Waals surface area contributed by atoms with E-state index in [1.54, 1.807) is 0 Å². The van der Waals surface area contributed by atoms with Gasteiger partial charge in [0.25, 0.3) is 6.43 Å². The number of carbonyl (C=O) groups is 1. The van der Waals surface area contributed by atoms with Crippen LogP contribution in [0.3, 0.4) is 0 Å². The SMILES string of the molecule is CC(=O)c1csc(C(F)F)c1F. The summed E-state index contributed by atoms with van der Waals surface area (Å²) in [4.78, 5) is 9.96. The molecule has 0 amide bonds. The normalized spacial score (nSPS) is 10.8. The highest BCUT2D eigenvalue weighted by atomic mass is 32.1. The third-order valence-electron chi connectivity index (χ3n) is 1.33. The largest absolute Gasteiger partial charge is 0.294 e. The second-order valence-electron chi connectivity index (χ2n) is 2.18. The molecule has 5 heteroatoms. The van der Waals surface area contributed by atoms with Gasteiger partial charge in [0.1, 0.15) is 4.88 Å². The van der Waals surface area contributed by atoms with Gasteiger partial charge in [0.2, 0.25) is 0 Å². The summed E-state index contributed by atoms with van der Waals surface area (Å²) < 4.78 is 36.8. The van der Waals surface area contributed by atoms with Crippen molar-refractivity contribution in [2.24, 2.45) is 0 Å². The molecule has 0 aliphatic rings. The van der Waals surface area contributed by atoms with Gasteiger partial charge < -0.3 is 0 Å². The lowest BCUT2D eigenvalue weighted by atomic mass is 10.2. The molecule has 0 saturated heterocycles. The predicted molar refractivity (Wildman–Crippen MR) is 39.2 cm³/mol. The molecule has 0 aliphatic carbocycles. The van der Waals surface area contributed by atoms with Crippen molar-refractivity contribution in [1.82, 2.24) is 0 Å². The fourth-order valence-corrected chi connectivity index (χ4v) is 1.57. The Morgan fingerprint density at radius 2 is 2.17 bits per heavy atom. The average Bonchev–Trinajstić information content (AvgIpc) is 2.30. The van der Waals surface area contributed by atoms with Crippen LogP contribution in [0.25, 0.3) is 0 Å². The minimum atomic E-state index is -2.84. The van der Waals surface area contributed by atoms with E-state index in [-0.39, 0.29) is 5.56 Å². The van der Waals surface area contributed by atoms with Crippen LogP contribution >= 0.6 is 11.3 Å². The lowest BCUT2D eigenvalue weighted by Crippen LogP contribution is -1.94. The molecule has 0 aromatic carbocycles. The topological polar surface area (TPSA) is 17.1 Å². The highest BCUT2D eigenvalue weighted by molar-refractivity contribution is 7.10. The van der Waals surface area contributed by atoms with Crippen LogP contribution in [-0.2, 0) is 0 Å². The number of rotatable bonds is 2. The zero-order valence-corrected chi connectivity index (χ0v) is 6.92. The number of carbonyl (C=O) groups excluding carboxylic acids is 1. The standard InChI is InChI=1S/C7H5F3OS/c1-3(11)4-2-12-6(5(4)8)7(9)10/h2,7H,1H3. The molecule has 0 N–H and O–H groups in total. The fraction of sp³-hybridized carbons (Fsp3) is 0.286. The number of thiophene rings is 1. The predicted octanol–water partition coefficient (Wildman–Crippen LogP) is 3.03. The van der Waals surface area contributed by atoms with Gasteiger partial charge in [-0.15, -0.1) is 11.3 Å². The van der Waals surface area contributed by atoms with Crippen molar-refractivity contribution in [2.75, 3.05) is 0 Å². The summed E-state index contributed by atoms with van der Waals surface area (Å²) in [5.41, 5.74) is -0.254. The number of Topliss-reactive ketones (excluding diaryl/α,β-unsaturated/α-hetero) is 1. The van der Waals surface area contributed by atoms with Crippen LogP contribution < -0.4 is 0 Å². The molecule has 66 valence electrons. The van der Waals surface area contributed by atoms with Crippen molar-refractivity contribution in [2.45, 2.75) is 13.3 Å². The summed E-state index contributed by atoms with van der Waals surface area (Å²) in [6, 6.07) is 0. The van der Waals surface area contributed by atoms with Gasteiger partial charge in [0, 0.05) is 5.38 Å². The van der Waals surface area contributed by atoms with Gasteiger partial charge in [-0.3, -0.25) is 4.79 Å². The van der Waals surface area contributed by atoms with E-state index in [1.165, 1.54) is 0 Å². The molecule has 1 aromatic heterocycles. The van der Waals surface area contributed by atoms with E-state index in [2.05, 4.69) is 0 Å². The van der Waals surface area contributed by atoms with Gasteiger partial charge in [-0.25, -0.2) is 13.2 Å². The molecule has 0 unspecified atom stereocenters. The second kappa shape index (κ2) is 3.26. The summed E-state index contributed by atoms with van der Waals surface area (Å²) in [6.45, 7) is 1.14. The van der Waals surface area contributed by atoms with Gasteiger partial charge in [-0.1, -0.05) is 0 Å². The summed E-state index contributed by atoms with van der Waals surface area (Å²) in [7, 11) is 0. The third-order valence-corrected chi connectivity index (χ3v) is 2.30. The maximum atomic E-state index is 12.8. The molecule has 1 aromatic rings. The molecule has 0 saturated carbocycles. The van der Waals surface area contributed by atoms with E-state index < -0.39 is 22.9 Å². The Morgan fingerprint density at radius 3 is 2.42 bits per heavy atom. The first-order valence-corrected chi connectivity index (χ1v) is 3.98. The first-order valence-electron chi connectivity index (χ1n) is 3.10. The van der Waals surface area contributed by atoms with E-state index in [0.717, 1.165) is 12.3 Å². The van der Waals surface area contributed by atoms with Gasteiger partial charge in [0.05, 0.1) is 5.56 Å². The van der Waals surface area contributed by atoms with E-state index in [4.69, 9.17) is 0 Å². The molecule has 0 atom stereocenters. The second-order valence-corrected chi connectivity index (χ2v) is 3.10. The van der Waals surface area contributed by atoms with Crippen molar-refractivity contribution in [3.05, 3.63) is 21.6 Å². The summed E-state index contributed by atoms with van der Waals surface area (Å²) in [5.74, 6) is -1.61. The molecule has 0 bridgehead atoms. The smallest absolute Gasteiger partial charge is 0.275 e. The summed E-state index contributed by atoms with van der Waals surface area (Å²) >= 11 is 0.567. The van der Waals surface area contributed by atoms with Gasteiger partial charge in [-0.2, -0.15) is 0 Å². The Morgan fingerprint density at radius 1 is 1.58 bits per heavy atom. The van der Waals surface area contributed by atoms with E-state index >= 15 is 0 Å². The Hall–Kier alpha value is -0.840. The Balaban J connectivity index is 3.13. The van der Waals surface area contributed by atoms with E-state index in [1.807, 2.05) is 0 Å². The van der Waals surface area contributed by atoms with Gasteiger partial charge in [0.15, 0.2) is 11.6 Å². The molecule has 0 fully saturated rings. The number of hydrogen-bond acceptors (Lipinski definition) is 2. The Kier molecular flexibility index (Phi) is 2.52. The maximum absolute atomic E-state index is 12.8. The first kappa shape index (κ1) is 9.25. The van der Waals surface area contributed by atoms with Crippen LogP contribution in [0.5, 0.6) is 0 Å². The molecule has 0 spiro atoms. The zero-order chi connectivity index (χ0) is 9.30. The lowest BCUT2D eigenvalue weighted by Gasteiger charge is -1.93. The molecular formula is C7H5F3OS. The molecule has 1 rings (SSSR count). The molecule has 0 aliphatic heterocycles. The van der Waals surface area contributed by atoms with Crippen LogP contribution in [0.1, 0.15) is 28.6 Å². The monoisotopic (exact) mass is 194 g/mol. The Labute approximate surface area is 70.8 Å². The summed E-state index contributed by atoms with van der Waals surface area (Å²) in [5, 5.41) is 1.11. The molecule has 12 heavy (non-hydrogen) atoms. The van der Waals surface area contributed by atoms with Crippen LogP contribution in [-0.4, -0.2) is 5.78 Å². The molecule has 1 heterocycles. The van der Waals surface area contributed by atoms with E-state index in [0.29, 0.717) is 11.3 Å². The van der Waals surface area contributed by atoms with Crippen LogP contribution in [0.4, 0.5) is 13.2 Å². The van der Waals surface area contributed by atoms with Crippen molar-refractivity contribution in [1.29, 1.82) is 0 Å².